The minimum Gasteiger partial charge on any atom is -0.370 e. The minimum absolute atomic E-state index is 0.110. The van der Waals surface area contributed by atoms with E-state index in [1.165, 1.54) is 12.8 Å². The maximum Gasteiger partial charge on any atom is 0.256 e. The summed E-state index contributed by atoms with van der Waals surface area (Å²) in [6, 6.07) is 19.4. The van der Waals surface area contributed by atoms with Crippen LogP contribution >= 0.6 is 11.6 Å². The first kappa shape index (κ1) is 17.9. The normalized spacial score (nSPS) is 15.1. The monoisotopic (exact) mass is 378 g/mol. The van der Waals surface area contributed by atoms with E-state index in [0.717, 1.165) is 41.2 Å². The van der Waals surface area contributed by atoms with Gasteiger partial charge in [0.1, 0.15) is 0 Å². The highest BCUT2D eigenvalue weighted by atomic mass is 35.5. The number of nitrogens with one attached hydrogen (secondary N) is 1. The number of carbonyl (C=O) groups is 1. The molecule has 0 unspecified atom stereocenters. The summed E-state index contributed by atoms with van der Waals surface area (Å²) in [6.07, 6.45) is 2.37. The molecular formula is C23H23ClN2O. The average Bonchev–Trinajstić information content (AvgIpc) is 2.69. The lowest BCUT2D eigenvalue weighted by atomic mass is 9.98. The van der Waals surface area contributed by atoms with Gasteiger partial charge >= 0.3 is 0 Å². The van der Waals surface area contributed by atoms with Gasteiger partial charge in [-0.25, -0.2) is 0 Å². The molecule has 1 fully saturated rings. The van der Waals surface area contributed by atoms with Gasteiger partial charge < -0.3 is 10.2 Å². The first-order chi connectivity index (χ1) is 13.1. The number of halogens is 1. The third-order valence-electron chi connectivity index (χ3n) is 5.39. The number of piperidine rings is 1. The molecule has 1 amide bonds. The third kappa shape index (κ3) is 3.65. The number of benzene rings is 3. The van der Waals surface area contributed by atoms with Crippen molar-refractivity contribution in [1.29, 1.82) is 0 Å². The van der Waals surface area contributed by atoms with Crippen LogP contribution in [0.15, 0.2) is 60.7 Å². The van der Waals surface area contributed by atoms with Crippen LogP contribution < -0.4 is 10.2 Å². The van der Waals surface area contributed by atoms with Crippen molar-refractivity contribution in [3.63, 3.8) is 0 Å². The van der Waals surface area contributed by atoms with Crippen molar-refractivity contribution in [2.75, 3.05) is 23.3 Å². The third-order valence-corrected chi connectivity index (χ3v) is 5.72. The smallest absolute Gasteiger partial charge is 0.256 e. The van der Waals surface area contributed by atoms with Crippen LogP contribution in [0.3, 0.4) is 0 Å². The number of amides is 1. The number of para-hydroxylation sites is 2. The number of hydrogen-bond acceptors (Lipinski definition) is 2. The molecule has 0 saturated carbocycles. The van der Waals surface area contributed by atoms with Gasteiger partial charge in [0.25, 0.3) is 5.91 Å². The molecule has 3 aromatic carbocycles. The molecule has 1 N–H and O–H groups in total. The zero-order valence-electron chi connectivity index (χ0n) is 15.4. The molecule has 1 aliphatic rings. The maximum absolute atomic E-state index is 13.1. The minimum atomic E-state index is -0.110. The van der Waals surface area contributed by atoms with Gasteiger partial charge in [0.2, 0.25) is 0 Å². The quantitative estimate of drug-likeness (QED) is 0.607. The highest BCUT2D eigenvalue weighted by Crippen LogP contribution is 2.31. The number of hydrogen-bond donors (Lipinski definition) is 1. The Morgan fingerprint density at radius 2 is 1.67 bits per heavy atom. The van der Waals surface area contributed by atoms with Gasteiger partial charge in [0.05, 0.1) is 11.4 Å². The molecule has 3 aromatic rings. The molecule has 4 rings (SSSR count). The first-order valence-corrected chi connectivity index (χ1v) is 9.84. The van der Waals surface area contributed by atoms with Gasteiger partial charge in [-0.1, -0.05) is 54.9 Å². The van der Waals surface area contributed by atoms with Gasteiger partial charge in [0.15, 0.2) is 0 Å². The molecule has 0 bridgehead atoms. The van der Waals surface area contributed by atoms with E-state index in [-0.39, 0.29) is 5.91 Å². The number of nitrogens with zero attached hydrogens (tertiary/aromatic N) is 1. The average molecular weight is 379 g/mol. The molecule has 3 nitrogen and oxygen atoms in total. The molecule has 1 saturated heterocycles. The Bertz CT molecular complexity index is 977. The van der Waals surface area contributed by atoms with E-state index in [1.54, 1.807) is 0 Å². The fourth-order valence-corrected chi connectivity index (χ4v) is 4.00. The maximum atomic E-state index is 13.1. The molecule has 4 heteroatoms. The van der Waals surface area contributed by atoms with Crippen LogP contribution in [0.2, 0.25) is 5.02 Å². The van der Waals surface area contributed by atoms with E-state index in [4.69, 9.17) is 11.6 Å². The van der Waals surface area contributed by atoms with Crippen LogP contribution in [0.1, 0.15) is 30.1 Å². The second-order valence-corrected chi connectivity index (χ2v) is 7.69. The molecule has 1 aliphatic heterocycles. The van der Waals surface area contributed by atoms with Crippen molar-refractivity contribution in [2.45, 2.75) is 19.8 Å². The lowest BCUT2D eigenvalue weighted by molar-refractivity contribution is 0.102. The largest absolute Gasteiger partial charge is 0.370 e. The van der Waals surface area contributed by atoms with Gasteiger partial charge in [-0.3, -0.25) is 4.79 Å². The van der Waals surface area contributed by atoms with Crippen LogP contribution in [0.4, 0.5) is 11.4 Å². The van der Waals surface area contributed by atoms with E-state index in [0.29, 0.717) is 10.6 Å². The number of carbonyl (C=O) groups excluding carboxylic acids is 1. The van der Waals surface area contributed by atoms with Crippen LogP contribution in [0.25, 0.3) is 10.8 Å². The molecular weight excluding hydrogens is 356 g/mol. The summed E-state index contributed by atoms with van der Waals surface area (Å²) in [4.78, 5) is 15.4. The Morgan fingerprint density at radius 1 is 0.963 bits per heavy atom. The van der Waals surface area contributed by atoms with Crippen LogP contribution in [-0.4, -0.2) is 19.0 Å². The SMILES string of the molecule is CC1CCN(c2ccccc2NC(=O)c2cccc3c(Cl)cccc23)CC1. The molecule has 0 aliphatic carbocycles. The standard InChI is InChI=1S/C23H23ClN2O/c1-16-12-14-26(15-13-16)22-11-3-2-10-21(22)25-23(27)19-8-4-7-18-17(19)6-5-9-20(18)24/h2-11,16H,12-15H2,1H3,(H,25,27). The van der Waals surface area contributed by atoms with Crippen molar-refractivity contribution in [3.05, 3.63) is 71.2 Å². The fourth-order valence-electron chi connectivity index (χ4n) is 3.76. The topological polar surface area (TPSA) is 32.3 Å². The molecule has 27 heavy (non-hydrogen) atoms. The van der Waals surface area contributed by atoms with Gasteiger partial charge in [-0.2, -0.15) is 0 Å². The molecule has 0 atom stereocenters. The predicted octanol–water partition coefficient (Wildman–Crippen LogP) is 5.98. The molecule has 0 radical (unpaired) electrons. The van der Waals surface area contributed by atoms with E-state index in [9.17, 15) is 4.79 Å². The number of rotatable bonds is 3. The van der Waals surface area contributed by atoms with Crippen LogP contribution in [-0.2, 0) is 0 Å². The van der Waals surface area contributed by atoms with Crippen LogP contribution in [0, 0.1) is 5.92 Å². The van der Waals surface area contributed by atoms with Crippen molar-refractivity contribution in [1.82, 2.24) is 0 Å². The summed E-state index contributed by atoms with van der Waals surface area (Å²) in [6.45, 7) is 4.35. The predicted molar refractivity (Wildman–Crippen MR) is 114 cm³/mol. The second-order valence-electron chi connectivity index (χ2n) is 7.28. The molecule has 0 spiro atoms. The Hall–Kier alpha value is -2.52. The highest BCUT2D eigenvalue weighted by Gasteiger charge is 2.19. The van der Waals surface area contributed by atoms with Crippen molar-refractivity contribution < 1.29 is 4.79 Å². The lowest BCUT2D eigenvalue weighted by Crippen LogP contribution is -2.33. The van der Waals surface area contributed by atoms with Crippen molar-refractivity contribution >= 4 is 39.7 Å². The summed E-state index contributed by atoms with van der Waals surface area (Å²) in [5.41, 5.74) is 2.59. The molecule has 0 aromatic heterocycles. The Kier molecular flexibility index (Phi) is 5.04. The summed E-state index contributed by atoms with van der Waals surface area (Å²) in [7, 11) is 0. The zero-order chi connectivity index (χ0) is 18.8. The summed E-state index contributed by atoms with van der Waals surface area (Å²) < 4.78 is 0. The van der Waals surface area contributed by atoms with E-state index in [2.05, 4.69) is 23.2 Å². The van der Waals surface area contributed by atoms with Gasteiger partial charge in [0, 0.05) is 29.1 Å². The first-order valence-electron chi connectivity index (χ1n) is 9.46. The number of fused-ring (bicyclic) bond motifs is 1. The molecule has 138 valence electrons. The fraction of sp³-hybridized carbons (Fsp3) is 0.261. The molecule has 1 heterocycles. The second kappa shape index (κ2) is 7.61. The van der Waals surface area contributed by atoms with Crippen LogP contribution in [0.5, 0.6) is 0 Å². The van der Waals surface area contributed by atoms with E-state index >= 15 is 0 Å². The Morgan fingerprint density at radius 3 is 2.48 bits per heavy atom. The summed E-state index contributed by atoms with van der Waals surface area (Å²) >= 11 is 6.29. The lowest BCUT2D eigenvalue weighted by Gasteiger charge is -2.33. The van der Waals surface area contributed by atoms with Crippen molar-refractivity contribution in [2.24, 2.45) is 5.92 Å². The van der Waals surface area contributed by atoms with Gasteiger partial charge in [-0.05, 0) is 48.4 Å². The Labute approximate surface area is 164 Å². The summed E-state index contributed by atoms with van der Waals surface area (Å²) in [5, 5.41) is 5.54. The number of anilines is 2. The highest BCUT2D eigenvalue weighted by molar-refractivity contribution is 6.36. The zero-order valence-corrected chi connectivity index (χ0v) is 16.2. The van der Waals surface area contributed by atoms with E-state index in [1.807, 2.05) is 54.6 Å². The van der Waals surface area contributed by atoms with E-state index < -0.39 is 0 Å². The van der Waals surface area contributed by atoms with Crippen molar-refractivity contribution in [3.8, 4) is 0 Å². The van der Waals surface area contributed by atoms with Gasteiger partial charge in [-0.15, -0.1) is 0 Å². The summed E-state index contributed by atoms with van der Waals surface area (Å²) in [5.74, 6) is 0.657. The Balaban J connectivity index is 1.64.